The zero-order valence-electron chi connectivity index (χ0n) is 18.9. The Morgan fingerprint density at radius 1 is 0.944 bits per heavy atom. The van der Waals surface area contributed by atoms with Crippen LogP contribution in [0.5, 0.6) is 5.75 Å². The molecule has 0 saturated carbocycles. The van der Waals surface area contributed by atoms with E-state index in [0.717, 1.165) is 42.7 Å². The fourth-order valence-corrected chi connectivity index (χ4v) is 5.46. The van der Waals surface area contributed by atoms with Crippen molar-refractivity contribution in [3.05, 3.63) is 110 Å². The van der Waals surface area contributed by atoms with Crippen LogP contribution in [0.4, 0.5) is 5.95 Å². The largest absolute Gasteiger partial charge is 0.481 e. The van der Waals surface area contributed by atoms with Crippen LogP contribution in [0.1, 0.15) is 35.3 Å². The molecule has 0 fully saturated rings. The lowest BCUT2D eigenvalue weighted by molar-refractivity contribution is -0.136. The molecule has 0 saturated heterocycles. The number of hydrogen-bond donors (Lipinski definition) is 1. The minimum atomic E-state index is -0.872. The second kappa shape index (κ2) is 9.22. The molecule has 0 bridgehead atoms. The molecular weight excluding hydrogens is 588 g/mol. The summed E-state index contributed by atoms with van der Waals surface area (Å²) in [7, 11) is 0. The molecule has 0 amide bonds. The molecule has 0 aliphatic carbocycles. The maximum Gasteiger partial charge on any atom is 0.305 e. The fourth-order valence-electron chi connectivity index (χ4n) is 4.93. The van der Waals surface area contributed by atoms with E-state index in [2.05, 4.69) is 54.1 Å². The van der Waals surface area contributed by atoms with Crippen molar-refractivity contribution < 1.29 is 14.6 Å². The van der Waals surface area contributed by atoms with Crippen molar-refractivity contribution >= 4 is 49.5 Å². The van der Waals surface area contributed by atoms with Gasteiger partial charge in [0.15, 0.2) is 0 Å². The van der Waals surface area contributed by atoms with Gasteiger partial charge in [-0.3, -0.25) is 4.79 Å². The Bertz CT molecular complexity index is 1480. The summed E-state index contributed by atoms with van der Waals surface area (Å²) in [4.78, 5) is 18.2. The van der Waals surface area contributed by atoms with Gasteiger partial charge < -0.3 is 14.7 Å². The van der Waals surface area contributed by atoms with Gasteiger partial charge in [-0.25, -0.2) is 4.68 Å². The first-order chi connectivity index (χ1) is 17.5. The second-order valence-corrected chi connectivity index (χ2v) is 10.4. The molecule has 3 heterocycles. The van der Waals surface area contributed by atoms with Gasteiger partial charge in [0, 0.05) is 26.6 Å². The van der Waals surface area contributed by atoms with Gasteiger partial charge >= 0.3 is 5.97 Å². The molecule has 0 spiro atoms. The Balaban J connectivity index is 1.65. The topological polar surface area (TPSA) is 80.5 Å². The van der Waals surface area contributed by atoms with Crippen LogP contribution in [0.3, 0.4) is 0 Å². The van der Waals surface area contributed by atoms with Crippen molar-refractivity contribution in [3.8, 4) is 5.75 Å². The van der Waals surface area contributed by atoms with E-state index in [1.54, 1.807) is 0 Å². The zero-order valence-corrected chi connectivity index (χ0v) is 22.1. The first kappa shape index (κ1) is 23.0. The van der Waals surface area contributed by atoms with Crippen molar-refractivity contribution in [1.82, 2.24) is 14.8 Å². The van der Waals surface area contributed by atoms with Crippen LogP contribution in [0.15, 0.2) is 93.6 Å². The Morgan fingerprint density at radius 2 is 1.61 bits per heavy atom. The van der Waals surface area contributed by atoms with Crippen LogP contribution in [0.25, 0.3) is 5.70 Å². The monoisotopic (exact) mass is 606 g/mol. The molecule has 6 rings (SSSR count). The van der Waals surface area contributed by atoms with E-state index in [4.69, 9.17) is 4.74 Å². The normalized spacial score (nSPS) is 18.2. The number of carboxylic acids is 1. The molecule has 9 heteroatoms. The number of carboxylic acid groups (broad SMARTS) is 1. The summed E-state index contributed by atoms with van der Waals surface area (Å²) in [5, 5.41) is 14.1. The van der Waals surface area contributed by atoms with E-state index in [9.17, 15) is 9.90 Å². The standard InChI is InChI=1S/C27H20Br2N4O3/c28-18-9-5-16(6-10-18)24-23-25(32(14-13-22(34)35)27-30-15-31-33(24)27)20-3-1-2-4-21(20)36-26(23)17-7-11-19(29)12-8-17/h1-12,15,24,26H,13-14H2,(H,34,35). The van der Waals surface area contributed by atoms with E-state index in [1.165, 1.54) is 6.33 Å². The number of halogens is 2. The Kier molecular flexibility index (Phi) is 5.89. The molecule has 36 heavy (non-hydrogen) atoms. The van der Waals surface area contributed by atoms with Crippen molar-refractivity contribution in [1.29, 1.82) is 0 Å². The number of anilines is 1. The number of para-hydroxylation sites is 1. The number of aromatic nitrogens is 3. The lowest BCUT2D eigenvalue weighted by atomic mass is 9.84. The van der Waals surface area contributed by atoms with E-state index < -0.39 is 12.1 Å². The summed E-state index contributed by atoms with van der Waals surface area (Å²) >= 11 is 7.08. The smallest absolute Gasteiger partial charge is 0.305 e. The number of rotatable bonds is 5. The van der Waals surface area contributed by atoms with Crippen molar-refractivity contribution in [2.45, 2.75) is 18.6 Å². The molecule has 7 nitrogen and oxygen atoms in total. The molecule has 1 N–H and O–H groups in total. The Morgan fingerprint density at radius 3 is 2.31 bits per heavy atom. The third-order valence-electron chi connectivity index (χ3n) is 6.46. The predicted molar refractivity (Wildman–Crippen MR) is 143 cm³/mol. The molecule has 2 unspecified atom stereocenters. The molecule has 1 aromatic heterocycles. The first-order valence-electron chi connectivity index (χ1n) is 11.4. The lowest BCUT2D eigenvalue weighted by Gasteiger charge is -2.43. The van der Waals surface area contributed by atoms with Gasteiger partial charge in [-0.1, -0.05) is 68.3 Å². The number of nitrogens with zero attached hydrogens (tertiary/aromatic N) is 4. The van der Waals surface area contributed by atoms with Crippen molar-refractivity contribution in [2.24, 2.45) is 0 Å². The zero-order chi connectivity index (χ0) is 24.8. The van der Waals surface area contributed by atoms with Gasteiger partial charge in [0.1, 0.15) is 24.2 Å². The third kappa shape index (κ3) is 3.92. The van der Waals surface area contributed by atoms with E-state index in [-0.39, 0.29) is 19.0 Å². The van der Waals surface area contributed by atoms with Crippen LogP contribution in [0.2, 0.25) is 0 Å². The highest BCUT2D eigenvalue weighted by atomic mass is 79.9. The minimum Gasteiger partial charge on any atom is -0.481 e. The van der Waals surface area contributed by atoms with Gasteiger partial charge in [0.25, 0.3) is 0 Å². The molecule has 4 aromatic rings. The highest BCUT2D eigenvalue weighted by Crippen LogP contribution is 2.52. The number of hydrogen-bond acceptors (Lipinski definition) is 5. The van der Waals surface area contributed by atoms with Crippen LogP contribution in [-0.4, -0.2) is 32.4 Å². The average Bonchev–Trinajstić information content (AvgIpc) is 3.37. The summed E-state index contributed by atoms with van der Waals surface area (Å²) < 4.78 is 10.5. The summed E-state index contributed by atoms with van der Waals surface area (Å²) in [6.45, 7) is 0.251. The summed E-state index contributed by atoms with van der Waals surface area (Å²) in [6.07, 6.45) is 1.06. The summed E-state index contributed by atoms with van der Waals surface area (Å²) in [5.41, 5.74) is 4.83. The molecule has 0 radical (unpaired) electrons. The Hall–Kier alpha value is -3.43. The van der Waals surface area contributed by atoms with E-state index in [1.807, 2.05) is 70.2 Å². The molecular formula is C27H20Br2N4O3. The number of fused-ring (bicyclic) bond motifs is 3. The molecule has 2 atom stereocenters. The maximum atomic E-state index is 11.6. The number of ether oxygens (including phenoxy) is 1. The van der Waals surface area contributed by atoms with Crippen LogP contribution in [0, 0.1) is 0 Å². The second-order valence-electron chi connectivity index (χ2n) is 8.60. The van der Waals surface area contributed by atoms with Gasteiger partial charge in [-0.05, 0) is 47.5 Å². The number of carbonyl (C=O) groups is 1. The number of aliphatic carboxylic acids is 1. The maximum absolute atomic E-state index is 11.6. The van der Waals surface area contributed by atoms with Crippen LogP contribution < -0.4 is 9.64 Å². The van der Waals surface area contributed by atoms with E-state index in [0.29, 0.717) is 5.95 Å². The average molecular weight is 608 g/mol. The SMILES string of the molecule is O=C(O)CCN1C2=C(C(c3ccc(Br)cc3)Oc3ccccc32)C(c2ccc(Br)cc2)n2ncnc21. The summed E-state index contributed by atoms with van der Waals surface area (Å²) in [6, 6.07) is 23.8. The highest BCUT2D eigenvalue weighted by Gasteiger charge is 2.44. The van der Waals surface area contributed by atoms with Gasteiger partial charge in [-0.15, -0.1) is 0 Å². The van der Waals surface area contributed by atoms with Crippen LogP contribution in [-0.2, 0) is 4.79 Å². The number of benzene rings is 3. The quantitative estimate of drug-likeness (QED) is 0.290. The van der Waals surface area contributed by atoms with Crippen molar-refractivity contribution in [2.75, 3.05) is 11.4 Å². The van der Waals surface area contributed by atoms with Gasteiger partial charge in [0.05, 0.1) is 12.1 Å². The summed E-state index contributed by atoms with van der Waals surface area (Å²) in [5.74, 6) is 0.476. The van der Waals surface area contributed by atoms with Crippen molar-refractivity contribution in [3.63, 3.8) is 0 Å². The fraction of sp³-hybridized carbons (Fsp3) is 0.148. The molecule has 2 aliphatic heterocycles. The predicted octanol–water partition coefficient (Wildman–Crippen LogP) is 6.23. The third-order valence-corrected chi connectivity index (χ3v) is 7.51. The highest BCUT2D eigenvalue weighted by molar-refractivity contribution is 9.10. The van der Waals surface area contributed by atoms with Gasteiger partial charge in [-0.2, -0.15) is 10.1 Å². The lowest BCUT2D eigenvalue weighted by Crippen LogP contribution is -2.39. The minimum absolute atomic E-state index is 0.0431. The van der Waals surface area contributed by atoms with Gasteiger partial charge in [0.2, 0.25) is 5.95 Å². The molecule has 180 valence electrons. The van der Waals surface area contributed by atoms with Crippen LogP contribution >= 0.6 is 31.9 Å². The first-order valence-corrected chi connectivity index (χ1v) is 13.0. The Labute approximate surface area is 224 Å². The molecule has 2 aliphatic rings. The molecule has 3 aromatic carbocycles. The van der Waals surface area contributed by atoms with E-state index >= 15 is 0 Å².